The van der Waals surface area contributed by atoms with Gasteiger partial charge in [-0.15, -0.1) is 0 Å². The molecule has 122 valence electrons. The largest absolute Gasteiger partial charge is 0.481 e. The maximum absolute atomic E-state index is 12.3. The number of aryl methyl sites for hydroxylation is 1. The van der Waals surface area contributed by atoms with Gasteiger partial charge in [0.25, 0.3) is 0 Å². The number of carbonyl (C=O) groups excluding carboxylic acids is 1. The number of nitrogens with zero attached hydrogens (tertiary/aromatic N) is 2. The molecular weight excluding hydrogens is 290 g/mol. The fourth-order valence-corrected chi connectivity index (χ4v) is 2.28. The molecule has 1 aromatic carbocycles. The molecule has 2 aromatic rings. The van der Waals surface area contributed by atoms with Gasteiger partial charge >= 0.3 is 6.03 Å². The second-order valence-electron chi connectivity index (χ2n) is 5.37. The van der Waals surface area contributed by atoms with Crippen LogP contribution >= 0.6 is 0 Å². The number of ether oxygens (including phenoxy) is 1. The van der Waals surface area contributed by atoms with E-state index in [1.165, 1.54) is 5.56 Å². The van der Waals surface area contributed by atoms with Crippen molar-refractivity contribution in [1.29, 1.82) is 0 Å². The zero-order valence-corrected chi connectivity index (χ0v) is 13.9. The SMILES string of the molecule is CCN(Cc1cccc(C)c1)C(=O)NCc1ccc(OC)nc1. The van der Waals surface area contributed by atoms with E-state index in [1.807, 2.05) is 25.1 Å². The third-order valence-electron chi connectivity index (χ3n) is 3.58. The van der Waals surface area contributed by atoms with Gasteiger partial charge in [0, 0.05) is 31.9 Å². The van der Waals surface area contributed by atoms with Crippen molar-refractivity contribution in [2.75, 3.05) is 13.7 Å². The molecule has 0 saturated heterocycles. The van der Waals surface area contributed by atoms with Gasteiger partial charge in [0.2, 0.25) is 5.88 Å². The molecule has 0 aliphatic heterocycles. The fourth-order valence-electron chi connectivity index (χ4n) is 2.28. The Morgan fingerprint density at radius 2 is 2.09 bits per heavy atom. The average molecular weight is 313 g/mol. The molecule has 0 aliphatic carbocycles. The van der Waals surface area contributed by atoms with Crippen molar-refractivity contribution < 1.29 is 9.53 Å². The van der Waals surface area contributed by atoms with E-state index in [1.54, 1.807) is 24.3 Å². The monoisotopic (exact) mass is 313 g/mol. The Morgan fingerprint density at radius 3 is 2.70 bits per heavy atom. The Hall–Kier alpha value is -2.56. The van der Waals surface area contributed by atoms with Crippen molar-refractivity contribution in [3.63, 3.8) is 0 Å². The van der Waals surface area contributed by atoms with Crippen LogP contribution in [0.1, 0.15) is 23.6 Å². The Balaban J connectivity index is 1.91. The van der Waals surface area contributed by atoms with Crippen LogP contribution in [0.3, 0.4) is 0 Å². The Morgan fingerprint density at radius 1 is 1.26 bits per heavy atom. The summed E-state index contributed by atoms with van der Waals surface area (Å²) >= 11 is 0. The van der Waals surface area contributed by atoms with E-state index in [0.717, 1.165) is 11.1 Å². The van der Waals surface area contributed by atoms with Crippen molar-refractivity contribution >= 4 is 6.03 Å². The van der Waals surface area contributed by atoms with Gasteiger partial charge in [0.1, 0.15) is 0 Å². The Labute approximate surface area is 137 Å². The maximum atomic E-state index is 12.3. The molecule has 0 aliphatic rings. The van der Waals surface area contributed by atoms with Gasteiger partial charge in [-0.05, 0) is 25.0 Å². The first-order valence-corrected chi connectivity index (χ1v) is 7.69. The number of aromatic nitrogens is 1. The van der Waals surface area contributed by atoms with Crippen LogP contribution in [0.4, 0.5) is 4.79 Å². The molecule has 5 heteroatoms. The number of amides is 2. The summed E-state index contributed by atoms with van der Waals surface area (Å²) < 4.78 is 5.02. The number of hydrogen-bond donors (Lipinski definition) is 1. The minimum atomic E-state index is -0.0789. The highest BCUT2D eigenvalue weighted by Crippen LogP contribution is 2.09. The first kappa shape index (κ1) is 16.8. The highest BCUT2D eigenvalue weighted by atomic mass is 16.5. The topological polar surface area (TPSA) is 54.5 Å². The van der Waals surface area contributed by atoms with E-state index in [2.05, 4.69) is 29.4 Å². The van der Waals surface area contributed by atoms with Gasteiger partial charge in [-0.2, -0.15) is 0 Å². The molecule has 2 amide bonds. The summed E-state index contributed by atoms with van der Waals surface area (Å²) in [6.07, 6.45) is 1.70. The zero-order valence-electron chi connectivity index (χ0n) is 13.9. The number of nitrogens with one attached hydrogen (secondary N) is 1. The van der Waals surface area contributed by atoms with Crippen LogP contribution in [0.5, 0.6) is 5.88 Å². The predicted molar refractivity (Wildman–Crippen MR) is 90.3 cm³/mol. The van der Waals surface area contributed by atoms with Crippen LogP contribution in [0, 0.1) is 6.92 Å². The number of rotatable bonds is 6. The highest BCUT2D eigenvalue weighted by Gasteiger charge is 2.11. The molecule has 0 fully saturated rings. The Kier molecular flexibility index (Phi) is 5.97. The smallest absolute Gasteiger partial charge is 0.317 e. The number of carbonyl (C=O) groups is 1. The van der Waals surface area contributed by atoms with Crippen LogP contribution in [0.25, 0.3) is 0 Å². The van der Waals surface area contributed by atoms with Gasteiger partial charge in [-0.3, -0.25) is 0 Å². The summed E-state index contributed by atoms with van der Waals surface area (Å²) in [4.78, 5) is 18.2. The van der Waals surface area contributed by atoms with Crippen molar-refractivity contribution in [3.8, 4) is 5.88 Å². The minimum absolute atomic E-state index is 0.0789. The first-order valence-electron chi connectivity index (χ1n) is 7.69. The molecule has 0 atom stereocenters. The van der Waals surface area contributed by atoms with E-state index < -0.39 is 0 Å². The van der Waals surface area contributed by atoms with Gasteiger partial charge in [0.15, 0.2) is 0 Å². The van der Waals surface area contributed by atoms with Crippen molar-refractivity contribution in [2.24, 2.45) is 0 Å². The van der Waals surface area contributed by atoms with Crippen molar-refractivity contribution in [1.82, 2.24) is 15.2 Å². The van der Waals surface area contributed by atoms with Gasteiger partial charge < -0.3 is 15.0 Å². The zero-order chi connectivity index (χ0) is 16.7. The number of methoxy groups -OCH3 is 1. The van der Waals surface area contributed by atoms with Gasteiger partial charge in [0.05, 0.1) is 7.11 Å². The lowest BCUT2D eigenvalue weighted by molar-refractivity contribution is 0.197. The minimum Gasteiger partial charge on any atom is -0.481 e. The summed E-state index contributed by atoms with van der Waals surface area (Å²) in [5.41, 5.74) is 3.27. The molecule has 1 N–H and O–H groups in total. The third kappa shape index (κ3) is 4.98. The van der Waals surface area contributed by atoms with Crippen molar-refractivity contribution in [3.05, 3.63) is 59.3 Å². The van der Waals surface area contributed by atoms with Gasteiger partial charge in [-0.1, -0.05) is 35.9 Å². The molecule has 1 heterocycles. The second kappa shape index (κ2) is 8.17. The third-order valence-corrected chi connectivity index (χ3v) is 3.58. The molecular formula is C18H23N3O2. The van der Waals surface area contributed by atoms with Crippen molar-refractivity contribution in [2.45, 2.75) is 26.9 Å². The summed E-state index contributed by atoms with van der Waals surface area (Å²) in [5.74, 6) is 0.565. The lowest BCUT2D eigenvalue weighted by Crippen LogP contribution is -2.39. The van der Waals surface area contributed by atoms with Crippen LogP contribution in [-0.4, -0.2) is 29.6 Å². The summed E-state index contributed by atoms with van der Waals surface area (Å²) in [6, 6.07) is 11.8. The lowest BCUT2D eigenvalue weighted by atomic mass is 10.1. The molecule has 0 radical (unpaired) electrons. The van der Waals surface area contributed by atoms with E-state index in [4.69, 9.17) is 4.74 Å². The number of hydrogen-bond acceptors (Lipinski definition) is 3. The Bertz CT molecular complexity index is 641. The molecule has 0 spiro atoms. The molecule has 0 bridgehead atoms. The maximum Gasteiger partial charge on any atom is 0.317 e. The van der Waals surface area contributed by atoms with Crippen LogP contribution in [0.2, 0.25) is 0 Å². The van der Waals surface area contributed by atoms with Crippen LogP contribution in [-0.2, 0) is 13.1 Å². The molecule has 0 unspecified atom stereocenters. The van der Waals surface area contributed by atoms with Crippen LogP contribution < -0.4 is 10.1 Å². The van der Waals surface area contributed by atoms with E-state index in [9.17, 15) is 4.79 Å². The summed E-state index contributed by atoms with van der Waals surface area (Å²) in [5, 5.41) is 2.93. The fraction of sp³-hybridized carbons (Fsp3) is 0.333. The standard InChI is InChI=1S/C18H23N3O2/c1-4-21(13-15-7-5-6-14(2)10-15)18(22)20-12-16-8-9-17(23-3)19-11-16/h5-11H,4,12-13H2,1-3H3,(H,20,22). The predicted octanol–water partition coefficient (Wildman–Crippen LogP) is 3.13. The van der Waals surface area contributed by atoms with E-state index in [0.29, 0.717) is 25.5 Å². The number of benzene rings is 1. The molecule has 0 saturated carbocycles. The number of urea groups is 1. The summed E-state index contributed by atoms with van der Waals surface area (Å²) in [6.45, 7) is 5.73. The molecule has 2 rings (SSSR count). The highest BCUT2D eigenvalue weighted by molar-refractivity contribution is 5.74. The van der Waals surface area contributed by atoms with E-state index in [-0.39, 0.29) is 6.03 Å². The quantitative estimate of drug-likeness (QED) is 0.891. The summed E-state index contributed by atoms with van der Waals surface area (Å²) in [7, 11) is 1.58. The molecule has 23 heavy (non-hydrogen) atoms. The molecule has 5 nitrogen and oxygen atoms in total. The second-order valence-corrected chi connectivity index (χ2v) is 5.37. The van der Waals surface area contributed by atoms with Gasteiger partial charge in [-0.25, -0.2) is 9.78 Å². The van der Waals surface area contributed by atoms with Crippen LogP contribution in [0.15, 0.2) is 42.6 Å². The average Bonchev–Trinajstić information content (AvgIpc) is 2.58. The van der Waals surface area contributed by atoms with E-state index >= 15 is 0 Å². The number of pyridine rings is 1. The first-order chi connectivity index (χ1) is 11.1. The molecule has 1 aromatic heterocycles. The normalized spacial score (nSPS) is 10.2. The lowest BCUT2D eigenvalue weighted by Gasteiger charge is -2.21.